The zero-order valence-electron chi connectivity index (χ0n) is 14.5. The van der Waals surface area contributed by atoms with Gasteiger partial charge in [0.1, 0.15) is 0 Å². The molecule has 0 amide bonds. The summed E-state index contributed by atoms with van der Waals surface area (Å²) in [5, 5.41) is 0. The molecule has 2 heteroatoms. The lowest BCUT2D eigenvalue weighted by Gasteiger charge is -2.38. The van der Waals surface area contributed by atoms with E-state index in [-0.39, 0.29) is 5.41 Å². The standard InChI is InChI=1S/C25H16S2/c26-17-11-21-19-7-3-1-5-15(19)9-23(21)25(13-17)14-18(27)12-22-20-8-4-2-6-16(20)10-24(22)25/h1-14,26-27H. The first kappa shape index (κ1) is 15.6. The second-order valence-corrected chi connectivity index (χ2v) is 8.45. The summed E-state index contributed by atoms with van der Waals surface area (Å²) >= 11 is 9.59. The highest BCUT2D eigenvalue weighted by molar-refractivity contribution is 7.85. The molecule has 0 aromatic heterocycles. The van der Waals surface area contributed by atoms with Gasteiger partial charge in [-0.25, -0.2) is 0 Å². The molecule has 4 aliphatic rings. The third kappa shape index (κ3) is 2.03. The topological polar surface area (TPSA) is 0 Å². The molecule has 0 N–H and O–H groups in total. The van der Waals surface area contributed by atoms with Gasteiger partial charge >= 0.3 is 0 Å². The molecule has 0 unspecified atom stereocenters. The van der Waals surface area contributed by atoms with E-state index in [0.717, 1.165) is 9.81 Å². The highest BCUT2D eigenvalue weighted by atomic mass is 32.1. The maximum absolute atomic E-state index is 4.80. The van der Waals surface area contributed by atoms with Crippen LogP contribution in [-0.2, 0) is 0 Å². The first-order chi connectivity index (χ1) is 13.2. The van der Waals surface area contributed by atoms with E-state index in [9.17, 15) is 0 Å². The maximum Gasteiger partial charge on any atom is 0.0602 e. The fourth-order valence-electron chi connectivity index (χ4n) is 4.83. The first-order valence-electron chi connectivity index (χ1n) is 9.07. The molecular weight excluding hydrogens is 364 g/mol. The van der Waals surface area contributed by atoms with Crippen molar-refractivity contribution in [1.82, 2.24) is 0 Å². The third-order valence-electron chi connectivity index (χ3n) is 5.91. The van der Waals surface area contributed by atoms with Crippen molar-refractivity contribution in [3.8, 4) is 0 Å². The van der Waals surface area contributed by atoms with Crippen LogP contribution >= 0.6 is 25.3 Å². The van der Waals surface area contributed by atoms with Crippen LogP contribution in [-0.4, -0.2) is 0 Å². The number of hydrogen-bond acceptors (Lipinski definition) is 2. The molecule has 0 heterocycles. The Morgan fingerprint density at radius 3 is 1.48 bits per heavy atom. The van der Waals surface area contributed by atoms with Crippen LogP contribution in [0.3, 0.4) is 0 Å². The van der Waals surface area contributed by atoms with Crippen molar-refractivity contribution in [2.75, 3.05) is 0 Å². The van der Waals surface area contributed by atoms with Gasteiger partial charge in [0.2, 0.25) is 0 Å². The number of thiol groups is 2. The molecule has 6 rings (SSSR count). The summed E-state index contributed by atoms with van der Waals surface area (Å²) in [5.74, 6) is 0. The van der Waals surface area contributed by atoms with Crippen LogP contribution in [0.25, 0.3) is 23.3 Å². The number of allylic oxidation sites excluding steroid dienone is 8. The Bertz CT molecular complexity index is 1130. The van der Waals surface area contributed by atoms with Crippen molar-refractivity contribution in [3.05, 3.63) is 116 Å². The molecule has 0 nitrogen and oxygen atoms in total. The van der Waals surface area contributed by atoms with E-state index in [2.05, 4.69) is 85.0 Å². The molecule has 2 aromatic carbocycles. The zero-order chi connectivity index (χ0) is 18.2. The predicted octanol–water partition coefficient (Wildman–Crippen LogP) is 6.59. The Balaban J connectivity index is 1.65. The highest BCUT2D eigenvalue weighted by Gasteiger charge is 2.45. The monoisotopic (exact) mass is 380 g/mol. The van der Waals surface area contributed by atoms with Gasteiger partial charge in [-0.1, -0.05) is 60.7 Å². The van der Waals surface area contributed by atoms with Crippen LogP contribution in [0.2, 0.25) is 0 Å². The van der Waals surface area contributed by atoms with Crippen LogP contribution in [0.4, 0.5) is 0 Å². The molecule has 1 spiro atoms. The minimum atomic E-state index is -0.333. The minimum absolute atomic E-state index is 0.333. The third-order valence-corrected chi connectivity index (χ3v) is 6.43. The molecule has 27 heavy (non-hydrogen) atoms. The van der Waals surface area contributed by atoms with Gasteiger partial charge in [0, 0.05) is 9.81 Å². The molecule has 0 atom stereocenters. The van der Waals surface area contributed by atoms with E-state index in [1.54, 1.807) is 0 Å². The normalized spacial score (nSPS) is 20.4. The van der Waals surface area contributed by atoms with Crippen molar-refractivity contribution < 1.29 is 0 Å². The Labute approximate surface area is 169 Å². The molecule has 0 bridgehead atoms. The van der Waals surface area contributed by atoms with Crippen molar-refractivity contribution in [1.29, 1.82) is 0 Å². The lowest BCUT2D eigenvalue weighted by Crippen LogP contribution is -2.25. The van der Waals surface area contributed by atoms with E-state index < -0.39 is 0 Å². The van der Waals surface area contributed by atoms with E-state index in [1.807, 2.05) is 0 Å². The molecule has 4 aliphatic carbocycles. The Kier molecular flexibility index (Phi) is 3.07. The number of benzene rings is 2. The summed E-state index contributed by atoms with van der Waals surface area (Å²) in [6.45, 7) is 0. The SMILES string of the molecule is SC1=CC2(C=C(S)C=C3C2=Cc2ccccc23)C2=Cc3ccccc3C2=C1. The summed E-state index contributed by atoms with van der Waals surface area (Å²) in [5.41, 5.74) is 9.96. The van der Waals surface area contributed by atoms with Crippen LogP contribution in [0.15, 0.2) is 93.8 Å². The molecule has 2 aromatic rings. The second-order valence-electron chi connectivity index (χ2n) is 7.41. The van der Waals surface area contributed by atoms with Gasteiger partial charge in [-0.3, -0.25) is 0 Å². The summed E-state index contributed by atoms with van der Waals surface area (Å²) in [6.07, 6.45) is 13.6. The molecule has 0 radical (unpaired) electrons. The first-order valence-corrected chi connectivity index (χ1v) is 9.96. The summed E-state index contributed by atoms with van der Waals surface area (Å²) in [7, 11) is 0. The van der Waals surface area contributed by atoms with Gasteiger partial charge in [0.05, 0.1) is 5.41 Å². The van der Waals surface area contributed by atoms with Gasteiger partial charge < -0.3 is 0 Å². The molecule has 0 aliphatic heterocycles. The van der Waals surface area contributed by atoms with E-state index in [0.29, 0.717) is 0 Å². The maximum atomic E-state index is 4.80. The molecule has 0 fully saturated rings. The Morgan fingerprint density at radius 1 is 0.556 bits per heavy atom. The minimum Gasteiger partial charge on any atom is -0.144 e. The zero-order valence-corrected chi connectivity index (χ0v) is 16.3. The van der Waals surface area contributed by atoms with Crippen LogP contribution in [0.5, 0.6) is 0 Å². The lowest BCUT2D eigenvalue weighted by atomic mass is 9.65. The van der Waals surface area contributed by atoms with Gasteiger partial charge in [0.15, 0.2) is 0 Å². The van der Waals surface area contributed by atoms with Crippen molar-refractivity contribution >= 4 is 48.6 Å². The van der Waals surface area contributed by atoms with Crippen LogP contribution in [0, 0.1) is 5.41 Å². The molecule has 0 saturated carbocycles. The Hall–Kier alpha value is -2.42. The van der Waals surface area contributed by atoms with Crippen molar-refractivity contribution in [3.63, 3.8) is 0 Å². The van der Waals surface area contributed by atoms with Gasteiger partial charge in [-0.15, -0.1) is 25.3 Å². The smallest absolute Gasteiger partial charge is 0.0602 e. The summed E-state index contributed by atoms with van der Waals surface area (Å²) in [6, 6.07) is 17.2. The van der Waals surface area contributed by atoms with Gasteiger partial charge in [0.25, 0.3) is 0 Å². The second kappa shape index (κ2) is 5.31. The van der Waals surface area contributed by atoms with Gasteiger partial charge in [-0.2, -0.15) is 0 Å². The van der Waals surface area contributed by atoms with E-state index in [1.165, 1.54) is 44.5 Å². The van der Waals surface area contributed by atoms with Gasteiger partial charge in [-0.05, 0) is 68.9 Å². The van der Waals surface area contributed by atoms with Crippen LogP contribution in [0.1, 0.15) is 22.3 Å². The van der Waals surface area contributed by atoms with Crippen molar-refractivity contribution in [2.45, 2.75) is 0 Å². The van der Waals surface area contributed by atoms with E-state index >= 15 is 0 Å². The van der Waals surface area contributed by atoms with Crippen molar-refractivity contribution in [2.24, 2.45) is 5.41 Å². The lowest BCUT2D eigenvalue weighted by molar-refractivity contribution is 0.751. The molecule has 128 valence electrons. The quantitative estimate of drug-likeness (QED) is 0.473. The fraction of sp³-hybridized carbons (Fsp3) is 0.0400. The summed E-state index contributed by atoms with van der Waals surface area (Å²) in [4.78, 5) is 1.99. The van der Waals surface area contributed by atoms with Crippen LogP contribution < -0.4 is 0 Å². The predicted molar refractivity (Wildman–Crippen MR) is 121 cm³/mol. The number of rotatable bonds is 0. The number of fused-ring (bicyclic) bond motifs is 8. The van der Waals surface area contributed by atoms with E-state index in [4.69, 9.17) is 25.3 Å². The Morgan fingerprint density at radius 2 is 1.00 bits per heavy atom. The molecular formula is C25H16S2. The number of hydrogen-bond donors (Lipinski definition) is 2. The highest BCUT2D eigenvalue weighted by Crippen LogP contribution is 2.60. The average Bonchev–Trinajstić information content (AvgIpc) is 3.22. The largest absolute Gasteiger partial charge is 0.144 e. The fourth-order valence-corrected chi connectivity index (χ4v) is 5.50. The average molecular weight is 381 g/mol. The molecule has 0 saturated heterocycles. The summed E-state index contributed by atoms with van der Waals surface area (Å²) < 4.78 is 0.